The summed E-state index contributed by atoms with van der Waals surface area (Å²) in [4.78, 5) is 38.3. The Balaban J connectivity index is -0.0000000288. The first-order valence-electron chi connectivity index (χ1n) is 2.73. The van der Waals surface area contributed by atoms with Gasteiger partial charge in [0.25, 0.3) is 0 Å². The first-order valence-corrected chi connectivity index (χ1v) is 2.73. The van der Waals surface area contributed by atoms with Gasteiger partial charge in [-0.1, -0.05) is 0 Å². The summed E-state index contributed by atoms with van der Waals surface area (Å²) >= 11 is 0. The van der Waals surface area contributed by atoms with Gasteiger partial charge in [-0.05, 0) is 0 Å². The van der Waals surface area contributed by atoms with Crippen molar-refractivity contribution in [3.8, 4) is 0 Å². The number of carboxylic acid groups (broad SMARTS) is 1. The Morgan fingerprint density at radius 2 is 1.56 bits per heavy atom. The third kappa shape index (κ3) is 20.7. The van der Waals surface area contributed by atoms with Crippen molar-refractivity contribution in [3.63, 3.8) is 0 Å². The largest absolute Gasteiger partial charge is 1.00 e. The van der Waals surface area contributed by atoms with Crippen LogP contribution in [0.4, 0.5) is 4.79 Å². The van der Waals surface area contributed by atoms with Crippen LogP contribution in [0, 0.1) is 0 Å². The van der Waals surface area contributed by atoms with Gasteiger partial charge in [0.2, 0.25) is 0 Å². The zero-order chi connectivity index (χ0) is 9.56. The fourth-order valence-electron chi connectivity index (χ4n) is 0.374. The first-order chi connectivity index (χ1) is 5.56. The van der Waals surface area contributed by atoms with Crippen molar-refractivity contribution < 1.29 is 132 Å². The van der Waals surface area contributed by atoms with Crippen molar-refractivity contribution in [1.82, 2.24) is 0 Å². The molecule has 0 rings (SSSR count). The Hall–Kier alpha value is 1.33. The SMILES string of the molecule is COOC(=O)CC(=O)OC(=O)O.O.[H-].[H-].[H-].[Na+].[Na+].[Na+]. The van der Waals surface area contributed by atoms with Crippen molar-refractivity contribution in [2.24, 2.45) is 0 Å². The Labute approximate surface area is 162 Å². The second-order valence-electron chi connectivity index (χ2n) is 1.54. The molecule has 0 unspecified atom stereocenters. The minimum atomic E-state index is -1.77. The summed E-state index contributed by atoms with van der Waals surface area (Å²) in [5.74, 6) is -2.24. The Morgan fingerprint density at radius 1 is 1.12 bits per heavy atom. The predicted molar refractivity (Wildman–Crippen MR) is 38.8 cm³/mol. The fourth-order valence-corrected chi connectivity index (χ4v) is 0.374. The monoisotopic (exact) mass is 268 g/mol. The summed E-state index contributed by atoms with van der Waals surface area (Å²) in [5, 5.41) is 7.90. The molecule has 3 N–H and O–H groups in total. The third-order valence-electron chi connectivity index (χ3n) is 0.666. The molecule has 0 fully saturated rings. The maximum atomic E-state index is 10.4. The van der Waals surface area contributed by atoms with E-state index in [1.807, 2.05) is 0 Å². The van der Waals surface area contributed by atoms with E-state index in [2.05, 4.69) is 14.5 Å². The van der Waals surface area contributed by atoms with Crippen LogP contribution in [0.1, 0.15) is 10.7 Å². The summed E-state index contributed by atoms with van der Waals surface area (Å²) < 4.78 is 3.59. The van der Waals surface area contributed by atoms with Crippen LogP contribution in [0.5, 0.6) is 0 Å². The van der Waals surface area contributed by atoms with E-state index in [1.54, 1.807) is 0 Å². The van der Waals surface area contributed by atoms with Gasteiger partial charge in [0.1, 0.15) is 6.42 Å². The molecule has 11 heteroatoms. The first kappa shape index (κ1) is 30.4. The van der Waals surface area contributed by atoms with E-state index in [0.29, 0.717) is 0 Å². The Bertz CT molecular complexity index is 220. The zero-order valence-corrected chi connectivity index (χ0v) is 15.6. The molecule has 0 aliphatic heterocycles. The van der Waals surface area contributed by atoms with Crippen LogP contribution in [-0.2, 0) is 24.1 Å². The molecule has 0 aliphatic rings. The van der Waals surface area contributed by atoms with Crippen LogP contribution >= 0.6 is 0 Å². The summed E-state index contributed by atoms with van der Waals surface area (Å²) in [5.41, 5.74) is 0. The Kier molecular flexibility index (Phi) is 35.5. The number of esters is 1. The molecule has 0 heterocycles. The molecule has 16 heavy (non-hydrogen) atoms. The van der Waals surface area contributed by atoms with Crippen LogP contribution in [0.3, 0.4) is 0 Å². The molecule has 8 nitrogen and oxygen atoms in total. The van der Waals surface area contributed by atoms with E-state index in [9.17, 15) is 14.4 Å². The van der Waals surface area contributed by atoms with E-state index in [4.69, 9.17) is 5.11 Å². The standard InChI is InChI=1S/C5H6O7.3Na.H2O.3H/c1-10-12-4(7)2-3(6)11-5(8)9;;;;;;;/h2H2,1H3,(H,8,9);;;;1H2;;;/q;3*+1;;3*-1. The van der Waals surface area contributed by atoms with E-state index in [-0.39, 0.29) is 98.4 Å². The predicted octanol–water partition coefficient (Wildman–Crippen LogP) is -9.77. The van der Waals surface area contributed by atoms with E-state index in [1.165, 1.54) is 0 Å². The van der Waals surface area contributed by atoms with Crippen LogP contribution in [0.15, 0.2) is 0 Å². The number of carbonyl (C=O) groups excluding carboxylic acids is 2. The molecule has 0 bridgehead atoms. The van der Waals surface area contributed by atoms with Crippen molar-refractivity contribution in [2.45, 2.75) is 6.42 Å². The quantitative estimate of drug-likeness (QED) is 0.177. The van der Waals surface area contributed by atoms with Gasteiger partial charge in [-0.15, -0.1) is 0 Å². The molecule has 0 aliphatic carbocycles. The van der Waals surface area contributed by atoms with Crippen molar-refractivity contribution >= 4 is 18.1 Å². The number of hydrogen-bond acceptors (Lipinski definition) is 6. The molecule has 0 aromatic rings. The maximum absolute atomic E-state index is 10.4. The number of ether oxygens (including phenoxy) is 1. The van der Waals surface area contributed by atoms with E-state index < -0.39 is 24.5 Å². The summed E-state index contributed by atoms with van der Waals surface area (Å²) in [6.07, 6.45) is -2.58. The molecule has 0 aromatic heterocycles. The van der Waals surface area contributed by atoms with Gasteiger partial charge < -0.3 is 19.6 Å². The maximum Gasteiger partial charge on any atom is 1.00 e. The molecule has 0 radical (unpaired) electrons. The van der Waals surface area contributed by atoms with Crippen LogP contribution < -0.4 is 88.7 Å². The molecule has 0 aromatic carbocycles. The summed E-state index contributed by atoms with van der Waals surface area (Å²) in [7, 11) is 1.07. The zero-order valence-electron chi connectivity index (χ0n) is 12.6. The van der Waals surface area contributed by atoms with Crippen molar-refractivity contribution in [2.75, 3.05) is 7.11 Å². The van der Waals surface area contributed by atoms with Gasteiger partial charge in [-0.25, -0.2) is 9.59 Å². The van der Waals surface area contributed by atoms with E-state index in [0.717, 1.165) is 7.11 Å². The molecule has 0 saturated carbocycles. The van der Waals surface area contributed by atoms with Crippen molar-refractivity contribution in [1.29, 1.82) is 0 Å². The normalized spacial score (nSPS) is 6.56. The number of carbonyl (C=O) groups is 3. The second-order valence-corrected chi connectivity index (χ2v) is 1.54. The molecular formula is C5H11Na3O8. The van der Waals surface area contributed by atoms with Crippen molar-refractivity contribution in [3.05, 3.63) is 0 Å². The van der Waals surface area contributed by atoms with Gasteiger partial charge in [-0.3, -0.25) is 9.68 Å². The molecule has 0 spiro atoms. The van der Waals surface area contributed by atoms with Crippen LogP contribution in [0.2, 0.25) is 0 Å². The smallest absolute Gasteiger partial charge is 1.00 e. The minimum absolute atomic E-state index is 0. The summed E-state index contributed by atoms with van der Waals surface area (Å²) in [6.45, 7) is 0. The molecular weight excluding hydrogens is 257 g/mol. The molecule has 0 saturated heterocycles. The fraction of sp³-hybridized carbons (Fsp3) is 0.400. The minimum Gasteiger partial charge on any atom is -1.00 e. The Morgan fingerprint density at radius 3 is 1.88 bits per heavy atom. The van der Waals surface area contributed by atoms with Gasteiger partial charge in [0.15, 0.2) is 0 Å². The number of hydrogen-bond donors (Lipinski definition) is 1. The average molecular weight is 268 g/mol. The van der Waals surface area contributed by atoms with Gasteiger partial charge in [0.05, 0.1) is 7.11 Å². The second kappa shape index (κ2) is 18.7. The third-order valence-corrected chi connectivity index (χ3v) is 0.666. The average Bonchev–Trinajstić information content (AvgIpc) is 1.84. The van der Waals surface area contributed by atoms with Gasteiger partial charge in [0, 0.05) is 0 Å². The van der Waals surface area contributed by atoms with Gasteiger partial charge >= 0.3 is 107 Å². The topological polar surface area (TPSA) is 131 Å². The van der Waals surface area contributed by atoms with Gasteiger partial charge in [-0.2, -0.15) is 4.89 Å². The molecule has 0 amide bonds. The van der Waals surface area contributed by atoms with Crippen LogP contribution in [0.25, 0.3) is 0 Å². The number of rotatable bonds is 3. The van der Waals surface area contributed by atoms with Crippen LogP contribution in [-0.4, -0.2) is 35.8 Å². The molecule has 82 valence electrons. The summed E-state index contributed by atoms with van der Waals surface area (Å²) in [6, 6.07) is 0. The van der Waals surface area contributed by atoms with E-state index >= 15 is 0 Å². The molecule has 0 atom stereocenters.